The fourth-order valence-corrected chi connectivity index (χ4v) is 2.29. The molecule has 0 aliphatic heterocycles. The van der Waals surface area contributed by atoms with Crippen molar-refractivity contribution in [3.63, 3.8) is 0 Å². The molecule has 0 fully saturated rings. The highest BCUT2D eigenvalue weighted by molar-refractivity contribution is 6.45. The zero-order valence-corrected chi connectivity index (χ0v) is 10.9. The standard InChI is InChI=1S/C11H15NO3Si/c1-4-16-11(2,3)15-10-7-5-9(6-8-10)12(13)14/h4-8H,1,16H2,2-3H3. The minimum Gasteiger partial charge on any atom is -0.492 e. The minimum absolute atomic E-state index is 0.0751. The summed E-state index contributed by atoms with van der Waals surface area (Å²) in [6, 6.07) is 6.14. The predicted molar refractivity (Wildman–Crippen MR) is 66.5 cm³/mol. The topological polar surface area (TPSA) is 52.4 Å². The molecule has 86 valence electrons. The van der Waals surface area contributed by atoms with Crippen molar-refractivity contribution < 1.29 is 9.66 Å². The molecule has 0 aliphatic rings. The van der Waals surface area contributed by atoms with Crippen molar-refractivity contribution in [3.05, 3.63) is 46.7 Å². The molecule has 16 heavy (non-hydrogen) atoms. The molecule has 0 amide bonds. The predicted octanol–water partition coefficient (Wildman–Crippen LogP) is 2.02. The van der Waals surface area contributed by atoms with Crippen LogP contribution in [0.1, 0.15) is 13.8 Å². The van der Waals surface area contributed by atoms with Crippen LogP contribution in [0.5, 0.6) is 5.75 Å². The fourth-order valence-electron chi connectivity index (χ4n) is 1.34. The van der Waals surface area contributed by atoms with E-state index in [0.29, 0.717) is 5.75 Å². The number of ether oxygens (including phenoxy) is 1. The lowest BCUT2D eigenvalue weighted by atomic mass is 10.3. The smallest absolute Gasteiger partial charge is 0.269 e. The zero-order valence-electron chi connectivity index (χ0n) is 9.47. The molecule has 0 atom stereocenters. The quantitative estimate of drug-likeness (QED) is 0.447. The van der Waals surface area contributed by atoms with Gasteiger partial charge in [0.1, 0.15) is 5.75 Å². The highest BCUT2D eigenvalue weighted by atomic mass is 28.2. The van der Waals surface area contributed by atoms with Crippen molar-refractivity contribution in [3.8, 4) is 5.75 Å². The lowest BCUT2D eigenvalue weighted by molar-refractivity contribution is -0.384. The van der Waals surface area contributed by atoms with E-state index in [0.717, 1.165) is 0 Å². The molecule has 0 aromatic heterocycles. The Hall–Kier alpha value is -1.62. The van der Waals surface area contributed by atoms with Gasteiger partial charge in [0.2, 0.25) is 0 Å². The summed E-state index contributed by atoms with van der Waals surface area (Å²) < 4.78 is 5.74. The molecule has 0 saturated heterocycles. The number of nitro groups is 1. The van der Waals surface area contributed by atoms with Crippen LogP contribution in [0.4, 0.5) is 5.69 Å². The molecule has 1 rings (SSSR count). The molecule has 1 aromatic carbocycles. The number of non-ortho nitro benzene ring substituents is 1. The number of rotatable bonds is 5. The first-order chi connectivity index (χ1) is 7.44. The Kier molecular flexibility index (Phi) is 3.84. The average Bonchev–Trinajstić information content (AvgIpc) is 2.17. The Morgan fingerprint density at radius 3 is 2.44 bits per heavy atom. The second-order valence-electron chi connectivity index (χ2n) is 4.11. The lowest BCUT2D eigenvalue weighted by Crippen LogP contribution is -2.34. The van der Waals surface area contributed by atoms with Crippen LogP contribution in [0, 0.1) is 10.1 Å². The summed E-state index contributed by atoms with van der Waals surface area (Å²) in [5.41, 5.74) is 2.00. The first kappa shape index (κ1) is 12.4. The van der Waals surface area contributed by atoms with E-state index in [1.165, 1.54) is 12.1 Å². The molecular weight excluding hydrogens is 222 g/mol. The van der Waals surface area contributed by atoms with Gasteiger partial charge in [0.15, 0.2) is 0 Å². The summed E-state index contributed by atoms with van der Waals surface area (Å²) in [4.78, 5) is 10.0. The van der Waals surface area contributed by atoms with Crippen LogP contribution in [0.15, 0.2) is 36.5 Å². The van der Waals surface area contributed by atoms with Gasteiger partial charge in [0.05, 0.1) is 19.7 Å². The van der Waals surface area contributed by atoms with Gasteiger partial charge in [-0.2, -0.15) is 0 Å². The fraction of sp³-hybridized carbons (Fsp3) is 0.273. The van der Waals surface area contributed by atoms with E-state index < -0.39 is 14.4 Å². The van der Waals surface area contributed by atoms with Crippen molar-refractivity contribution in [2.45, 2.75) is 19.1 Å². The molecular formula is C11H15NO3Si. The number of nitro benzene ring substituents is 1. The highest BCUT2D eigenvalue weighted by Gasteiger charge is 2.18. The zero-order chi connectivity index (χ0) is 12.2. The van der Waals surface area contributed by atoms with E-state index in [4.69, 9.17) is 4.74 Å². The lowest BCUT2D eigenvalue weighted by Gasteiger charge is -2.24. The van der Waals surface area contributed by atoms with Crippen LogP contribution in [-0.2, 0) is 0 Å². The van der Waals surface area contributed by atoms with Gasteiger partial charge < -0.3 is 4.74 Å². The molecule has 4 nitrogen and oxygen atoms in total. The van der Waals surface area contributed by atoms with E-state index in [-0.39, 0.29) is 10.9 Å². The monoisotopic (exact) mass is 237 g/mol. The van der Waals surface area contributed by atoms with Gasteiger partial charge in [-0.15, -0.1) is 12.3 Å². The Balaban J connectivity index is 2.75. The summed E-state index contributed by atoms with van der Waals surface area (Å²) >= 11 is 0. The summed E-state index contributed by atoms with van der Waals surface area (Å²) in [6.45, 7) is 7.72. The average molecular weight is 237 g/mol. The van der Waals surface area contributed by atoms with E-state index in [2.05, 4.69) is 6.58 Å². The van der Waals surface area contributed by atoms with Crippen LogP contribution >= 0.6 is 0 Å². The van der Waals surface area contributed by atoms with Crippen LogP contribution in [0.3, 0.4) is 0 Å². The van der Waals surface area contributed by atoms with Gasteiger partial charge in [-0.1, -0.05) is 0 Å². The van der Waals surface area contributed by atoms with E-state index in [1.54, 1.807) is 12.1 Å². The third-order valence-electron chi connectivity index (χ3n) is 2.08. The van der Waals surface area contributed by atoms with Crippen molar-refractivity contribution in [2.24, 2.45) is 0 Å². The van der Waals surface area contributed by atoms with Crippen LogP contribution in [0.25, 0.3) is 0 Å². The van der Waals surface area contributed by atoms with E-state index >= 15 is 0 Å². The summed E-state index contributed by atoms with van der Waals surface area (Å²) in [5.74, 6) is 0.657. The maximum Gasteiger partial charge on any atom is 0.269 e. The molecule has 1 aromatic rings. The molecule has 0 aliphatic carbocycles. The van der Waals surface area contributed by atoms with Gasteiger partial charge in [-0.05, 0) is 26.0 Å². The largest absolute Gasteiger partial charge is 0.492 e. The minimum atomic E-state index is -0.512. The first-order valence-corrected chi connectivity index (χ1v) is 6.51. The van der Waals surface area contributed by atoms with E-state index in [9.17, 15) is 10.1 Å². The Bertz CT molecular complexity index is 387. The molecule has 0 radical (unpaired) electrons. The Morgan fingerprint density at radius 1 is 1.44 bits per heavy atom. The SMILES string of the molecule is C=C[SiH2]C(C)(C)Oc1ccc([N+](=O)[O-])cc1. The van der Waals surface area contributed by atoms with Crippen molar-refractivity contribution in [1.82, 2.24) is 0 Å². The normalized spacial score (nSPS) is 11.6. The van der Waals surface area contributed by atoms with Gasteiger partial charge in [0.25, 0.3) is 5.69 Å². The summed E-state index contributed by atoms with van der Waals surface area (Å²) in [6.07, 6.45) is 0. The first-order valence-electron chi connectivity index (χ1n) is 4.99. The maximum absolute atomic E-state index is 10.5. The Labute approximate surface area is 96.9 Å². The van der Waals surface area contributed by atoms with Gasteiger partial charge in [-0.3, -0.25) is 10.1 Å². The molecule has 0 unspecified atom stereocenters. The Morgan fingerprint density at radius 2 is 2.00 bits per heavy atom. The van der Waals surface area contributed by atoms with Crippen LogP contribution in [-0.4, -0.2) is 19.7 Å². The highest BCUT2D eigenvalue weighted by Crippen LogP contribution is 2.21. The van der Waals surface area contributed by atoms with Crippen molar-refractivity contribution in [2.75, 3.05) is 0 Å². The maximum atomic E-state index is 10.5. The van der Waals surface area contributed by atoms with E-state index in [1.807, 2.05) is 19.5 Å². The summed E-state index contributed by atoms with van der Waals surface area (Å²) in [5, 5.41) is 10.2. The van der Waals surface area contributed by atoms with Crippen molar-refractivity contribution in [1.29, 1.82) is 0 Å². The molecule has 0 N–H and O–H groups in total. The van der Waals surface area contributed by atoms with Crippen molar-refractivity contribution >= 4 is 15.2 Å². The number of hydrogen-bond donors (Lipinski definition) is 0. The molecule has 0 spiro atoms. The molecule has 5 heteroatoms. The summed E-state index contributed by atoms with van der Waals surface area (Å²) in [7, 11) is -0.512. The second kappa shape index (κ2) is 4.94. The third kappa shape index (κ3) is 3.51. The number of hydrogen-bond acceptors (Lipinski definition) is 3. The number of nitrogens with zero attached hydrogens (tertiary/aromatic N) is 1. The molecule has 0 heterocycles. The van der Waals surface area contributed by atoms with Gasteiger partial charge in [-0.25, -0.2) is 0 Å². The van der Waals surface area contributed by atoms with Gasteiger partial charge in [0, 0.05) is 12.1 Å². The van der Waals surface area contributed by atoms with Gasteiger partial charge >= 0.3 is 0 Å². The second-order valence-corrected chi connectivity index (χ2v) is 6.79. The van der Waals surface area contributed by atoms with Crippen LogP contribution < -0.4 is 4.74 Å². The molecule has 0 bridgehead atoms. The number of benzene rings is 1. The van der Waals surface area contributed by atoms with Crippen LogP contribution in [0.2, 0.25) is 0 Å². The third-order valence-corrected chi connectivity index (χ3v) is 3.49. The molecule has 0 saturated carbocycles.